The zero-order valence-corrected chi connectivity index (χ0v) is 16.6. The molecule has 0 bridgehead atoms. The molecule has 26 heavy (non-hydrogen) atoms. The van der Waals surface area contributed by atoms with Crippen LogP contribution in [0.25, 0.3) is 0 Å². The van der Waals surface area contributed by atoms with Crippen LogP contribution >= 0.6 is 0 Å². The van der Waals surface area contributed by atoms with Gasteiger partial charge in [0.05, 0.1) is 10.9 Å². The molecule has 2 aromatic rings. The van der Waals surface area contributed by atoms with Gasteiger partial charge in [-0.05, 0) is 61.6 Å². The summed E-state index contributed by atoms with van der Waals surface area (Å²) in [6.07, 6.45) is 15.2. The normalized spacial score (nSPS) is 22.0. The van der Waals surface area contributed by atoms with E-state index in [-0.39, 0.29) is 10.9 Å². The standard InChI is InChI=1S/C25H29S/c1-20-9-8-14-25(19-20)26(23-12-6-3-7-13-23)24-17-15-22(16-18-24)21-10-4-2-5-11-21/h3,6-9,12-13,15-19,21,25H,2,4-5,10-11,14H2,1H3/q+1. The van der Waals surface area contributed by atoms with E-state index >= 15 is 0 Å². The molecule has 0 nitrogen and oxygen atoms in total. The van der Waals surface area contributed by atoms with Crippen LogP contribution in [-0.2, 0) is 10.9 Å². The van der Waals surface area contributed by atoms with Gasteiger partial charge in [0.1, 0.15) is 0 Å². The van der Waals surface area contributed by atoms with Gasteiger partial charge in [-0.3, -0.25) is 0 Å². The highest BCUT2D eigenvalue weighted by molar-refractivity contribution is 7.97. The molecule has 1 fully saturated rings. The Morgan fingerprint density at radius 3 is 2.19 bits per heavy atom. The van der Waals surface area contributed by atoms with Crippen molar-refractivity contribution in [3.05, 3.63) is 84.0 Å². The molecule has 2 unspecified atom stereocenters. The highest BCUT2D eigenvalue weighted by Crippen LogP contribution is 2.36. The maximum absolute atomic E-state index is 2.48. The van der Waals surface area contributed by atoms with Gasteiger partial charge >= 0.3 is 0 Å². The summed E-state index contributed by atoms with van der Waals surface area (Å²) in [5.41, 5.74) is 2.95. The summed E-state index contributed by atoms with van der Waals surface area (Å²) in [4.78, 5) is 2.95. The number of rotatable bonds is 4. The van der Waals surface area contributed by atoms with Crippen LogP contribution in [0.15, 0.2) is 88.2 Å². The van der Waals surface area contributed by atoms with E-state index in [0.29, 0.717) is 5.25 Å². The minimum atomic E-state index is 0.101. The molecule has 1 heteroatoms. The van der Waals surface area contributed by atoms with Crippen molar-refractivity contribution >= 4 is 10.9 Å². The lowest BCUT2D eigenvalue weighted by molar-refractivity contribution is 0.443. The van der Waals surface area contributed by atoms with Crippen molar-refractivity contribution in [2.75, 3.05) is 0 Å². The molecule has 2 atom stereocenters. The van der Waals surface area contributed by atoms with Gasteiger partial charge in [0.15, 0.2) is 15.0 Å². The fourth-order valence-electron chi connectivity index (χ4n) is 4.34. The molecular weight excluding hydrogens is 332 g/mol. The molecule has 0 radical (unpaired) electrons. The second-order valence-corrected chi connectivity index (χ2v) is 9.87. The van der Waals surface area contributed by atoms with Crippen LogP contribution < -0.4 is 0 Å². The van der Waals surface area contributed by atoms with Crippen molar-refractivity contribution in [3.63, 3.8) is 0 Å². The lowest BCUT2D eigenvalue weighted by atomic mass is 9.84. The number of allylic oxidation sites excluding steroid dienone is 3. The Kier molecular flexibility index (Phi) is 5.65. The second-order valence-electron chi connectivity index (χ2n) is 7.64. The minimum absolute atomic E-state index is 0.101. The van der Waals surface area contributed by atoms with E-state index in [1.165, 1.54) is 47.5 Å². The van der Waals surface area contributed by atoms with E-state index in [1.807, 2.05) is 0 Å². The minimum Gasteiger partial charge on any atom is -0.0790 e. The van der Waals surface area contributed by atoms with Crippen LogP contribution in [-0.4, -0.2) is 5.25 Å². The Labute approximate surface area is 161 Å². The van der Waals surface area contributed by atoms with Crippen molar-refractivity contribution in [2.45, 2.75) is 66.4 Å². The third-order valence-corrected chi connectivity index (χ3v) is 8.20. The smallest absolute Gasteiger partial charge is 0.0790 e. The van der Waals surface area contributed by atoms with Crippen LogP contribution in [0, 0.1) is 0 Å². The third-order valence-electron chi connectivity index (χ3n) is 5.71. The van der Waals surface area contributed by atoms with Gasteiger partial charge in [-0.25, -0.2) is 0 Å². The highest BCUT2D eigenvalue weighted by Gasteiger charge is 2.34. The zero-order valence-electron chi connectivity index (χ0n) is 15.7. The van der Waals surface area contributed by atoms with Crippen LogP contribution in [0.4, 0.5) is 0 Å². The highest BCUT2D eigenvalue weighted by atomic mass is 32.2. The largest absolute Gasteiger partial charge is 0.161 e. The molecule has 2 aliphatic carbocycles. The van der Waals surface area contributed by atoms with E-state index in [0.717, 1.165) is 12.3 Å². The van der Waals surface area contributed by atoms with Crippen LogP contribution in [0.3, 0.4) is 0 Å². The number of hydrogen-bond acceptors (Lipinski definition) is 0. The Bertz CT molecular complexity index is 764. The summed E-state index contributed by atoms with van der Waals surface area (Å²) in [5.74, 6) is 0.788. The summed E-state index contributed by atoms with van der Waals surface area (Å²) in [5, 5.41) is 0.572. The summed E-state index contributed by atoms with van der Waals surface area (Å²) < 4.78 is 0. The van der Waals surface area contributed by atoms with Gasteiger partial charge < -0.3 is 0 Å². The van der Waals surface area contributed by atoms with Gasteiger partial charge in [-0.1, -0.05) is 67.3 Å². The average molecular weight is 362 g/mol. The van der Waals surface area contributed by atoms with E-state index in [1.54, 1.807) is 5.56 Å². The quantitative estimate of drug-likeness (QED) is 0.512. The van der Waals surface area contributed by atoms with Gasteiger partial charge in [-0.15, -0.1) is 0 Å². The van der Waals surface area contributed by atoms with Crippen molar-refractivity contribution in [1.29, 1.82) is 0 Å². The van der Waals surface area contributed by atoms with Gasteiger partial charge in [0.25, 0.3) is 0 Å². The lowest BCUT2D eigenvalue weighted by Gasteiger charge is -2.22. The monoisotopic (exact) mass is 361 g/mol. The molecule has 0 heterocycles. The van der Waals surface area contributed by atoms with Crippen molar-refractivity contribution in [3.8, 4) is 0 Å². The molecule has 2 aliphatic rings. The van der Waals surface area contributed by atoms with Gasteiger partial charge in [-0.2, -0.15) is 0 Å². The fourth-order valence-corrected chi connectivity index (χ4v) is 6.85. The first-order valence-corrected chi connectivity index (χ1v) is 11.3. The summed E-state index contributed by atoms with van der Waals surface area (Å²) in [6.45, 7) is 2.22. The molecule has 2 aromatic carbocycles. The summed E-state index contributed by atoms with van der Waals surface area (Å²) in [7, 11) is 0.101. The number of benzene rings is 2. The van der Waals surface area contributed by atoms with Crippen LogP contribution in [0.1, 0.15) is 56.9 Å². The molecule has 0 amide bonds. The molecule has 0 N–H and O–H groups in total. The maximum atomic E-state index is 2.48. The van der Waals surface area contributed by atoms with Crippen molar-refractivity contribution in [2.24, 2.45) is 0 Å². The molecule has 0 saturated heterocycles. The second kappa shape index (κ2) is 8.31. The Balaban J connectivity index is 1.64. The van der Waals surface area contributed by atoms with Crippen molar-refractivity contribution < 1.29 is 0 Å². The first-order chi connectivity index (χ1) is 12.8. The van der Waals surface area contributed by atoms with Crippen LogP contribution in [0.5, 0.6) is 0 Å². The Hall–Kier alpha value is -1.73. The molecule has 1 saturated carbocycles. The van der Waals surface area contributed by atoms with Gasteiger partial charge in [0, 0.05) is 6.42 Å². The van der Waals surface area contributed by atoms with E-state index in [2.05, 4.69) is 79.7 Å². The molecular formula is C25H29S+. The predicted octanol–water partition coefficient (Wildman–Crippen LogP) is 7.05. The molecule has 0 aliphatic heterocycles. The molecule has 4 rings (SSSR count). The van der Waals surface area contributed by atoms with E-state index in [4.69, 9.17) is 0 Å². The lowest BCUT2D eigenvalue weighted by Crippen LogP contribution is -2.21. The van der Waals surface area contributed by atoms with Crippen LogP contribution in [0.2, 0.25) is 0 Å². The van der Waals surface area contributed by atoms with Crippen molar-refractivity contribution in [1.82, 2.24) is 0 Å². The van der Waals surface area contributed by atoms with E-state index in [9.17, 15) is 0 Å². The predicted molar refractivity (Wildman–Crippen MR) is 114 cm³/mol. The zero-order chi connectivity index (χ0) is 17.8. The molecule has 0 aromatic heterocycles. The topological polar surface area (TPSA) is 0 Å². The Morgan fingerprint density at radius 2 is 1.50 bits per heavy atom. The van der Waals surface area contributed by atoms with E-state index < -0.39 is 0 Å². The van der Waals surface area contributed by atoms with Gasteiger partial charge in [0.2, 0.25) is 0 Å². The summed E-state index contributed by atoms with van der Waals surface area (Å²) >= 11 is 0. The first-order valence-electron chi connectivity index (χ1n) is 10.0. The number of hydrogen-bond donors (Lipinski definition) is 0. The molecule has 0 spiro atoms. The first kappa shape index (κ1) is 17.7. The SMILES string of the molecule is CC1=CC([S+](c2ccccc2)c2ccc(C3CCCCC3)cc2)CC=C1. The summed E-state index contributed by atoms with van der Waals surface area (Å²) in [6, 6.07) is 20.8. The Morgan fingerprint density at radius 1 is 0.808 bits per heavy atom. The average Bonchev–Trinajstić information content (AvgIpc) is 2.70. The molecule has 134 valence electrons. The third kappa shape index (κ3) is 3.99. The fraction of sp³-hybridized carbons (Fsp3) is 0.360. The maximum Gasteiger partial charge on any atom is 0.161 e.